The van der Waals surface area contributed by atoms with Crippen LogP contribution < -0.4 is 10.5 Å². The van der Waals surface area contributed by atoms with Crippen molar-refractivity contribution in [2.75, 3.05) is 13.2 Å². The van der Waals surface area contributed by atoms with Crippen molar-refractivity contribution < 1.29 is 9.13 Å². The summed E-state index contributed by atoms with van der Waals surface area (Å²) in [6, 6.07) is 12.6. The minimum Gasteiger partial charge on any atom is -0.494 e. The highest BCUT2D eigenvalue weighted by molar-refractivity contribution is 5.69. The van der Waals surface area contributed by atoms with E-state index >= 15 is 0 Å². The number of benzene rings is 2. The first-order valence-corrected chi connectivity index (χ1v) is 7.46. The molecule has 3 heteroatoms. The number of halogens is 1. The normalized spacial score (nSPS) is 10.6. The van der Waals surface area contributed by atoms with Crippen LogP contribution >= 0.6 is 0 Å². The van der Waals surface area contributed by atoms with E-state index < -0.39 is 0 Å². The SMILES string of the molecule is CCCCOc1ccc(CCN)c(-c2cccc(F)c2)c1. The van der Waals surface area contributed by atoms with E-state index in [1.807, 2.05) is 24.3 Å². The number of ether oxygens (including phenoxy) is 1. The van der Waals surface area contributed by atoms with Crippen LogP contribution in [0.5, 0.6) is 5.75 Å². The Bertz CT molecular complexity index is 583. The number of rotatable bonds is 7. The molecule has 0 unspecified atom stereocenters. The smallest absolute Gasteiger partial charge is 0.123 e. The van der Waals surface area contributed by atoms with Crippen LogP contribution in [0, 0.1) is 5.82 Å². The number of nitrogens with two attached hydrogens (primary N) is 1. The van der Waals surface area contributed by atoms with Gasteiger partial charge in [0.1, 0.15) is 11.6 Å². The summed E-state index contributed by atoms with van der Waals surface area (Å²) >= 11 is 0. The molecule has 2 nitrogen and oxygen atoms in total. The zero-order valence-electron chi connectivity index (χ0n) is 12.4. The average molecular weight is 287 g/mol. The molecule has 0 aliphatic rings. The summed E-state index contributed by atoms with van der Waals surface area (Å²) in [7, 11) is 0. The summed E-state index contributed by atoms with van der Waals surface area (Å²) in [5.74, 6) is 0.590. The lowest BCUT2D eigenvalue weighted by Gasteiger charge is -2.13. The van der Waals surface area contributed by atoms with Gasteiger partial charge in [-0.2, -0.15) is 0 Å². The molecule has 0 spiro atoms. The summed E-state index contributed by atoms with van der Waals surface area (Å²) < 4.78 is 19.2. The van der Waals surface area contributed by atoms with Gasteiger partial charge in [0.2, 0.25) is 0 Å². The van der Waals surface area contributed by atoms with Gasteiger partial charge in [-0.1, -0.05) is 31.5 Å². The molecule has 2 rings (SSSR count). The molecule has 0 saturated heterocycles. The van der Waals surface area contributed by atoms with Crippen LogP contribution in [0.4, 0.5) is 4.39 Å². The van der Waals surface area contributed by atoms with E-state index in [-0.39, 0.29) is 5.82 Å². The summed E-state index contributed by atoms with van der Waals surface area (Å²) in [6.45, 7) is 3.40. The van der Waals surface area contributed by atoms with Gasteiger partial charge in [-0.05, 0) is 60.3 Å². The first kappa shape index (κ1) is 15.5. The molecule has 0 radical (unpaired) electrons. The minimum absolute atomic E-state index is 0.233. The molecule has 0 heterocycles. The Morgan fingerprint density at radius 3 is 2.71 bits per heavy atom. The van der Waals surface area contributed by atoms with Crippen LogP contribution in [0.3, 0.4) is 0 Å². The zero-order valence-corrected chi connectivity index (χ0v) is 12.4. The second-order valence-electron chi connectivity index (χ2n) is 5.07. The van der Waals surface area contributed by atoms with Gasteiger partial charge < -0.3 is 10.5 Å². The average Bonchev–Trinajstić information content (AvgIpc) is 2.49. The van der Waals surface area contributed by atoms with Gasteiger partial charge in [-0.3, -0.25) is 0 Å². The van der Waals surface area contributed by atoms with Crippen molar-refractivity contribution in [2.45, 2.75) is 26.2 Å². The van der Waals surface area contributed by atoms with Crippen molar-refractivity contribution >= 4 is 0 Å². The van der Waals surface area contributed by atoms with E-state index in [2.05, 4.69) is 6.92 Å². The van der Waals surface area contributed by atoms with E-state index in [4.69, 9.17) is 10.5 Å². The number of hydrogen-bond acceptors (Lipinski definition) is 2. The maximum atomic E-state index is 13.5. The molecule has 2 N–H and O–H groups in total. The second-order valence-corrected chi connectivity index (χ2v) is 5.07. The lowest BCUT2D eigenvalue weighted by Crippen LogP contribution is -2.04. The molecule has 0 aliphatic carbocycles. The van der Waals surface area contributed by atoms with Gasteiger partial charge in [-0.25, -0.2) is 4.39 Å². The molecule has 0 fully saturated rings. The van der Waals surface area contributed by atoms with Gasteiger partial charge in [-0.15, -0.1) is 0 Å². The highest BCUT2D eigenvalue weighted by atomic mass is 19.1. The predicted octanol–water partition coefficient (Wildman–Crippen LogP) is 4.17. The van der Waals surface area contributed by atoms with E-state index in [1.165, 1.54) is 6.07 Å². The summed E-state index contributed by atoms with van der Waals surface area (Å²) in [6.07, 6.45) is 2.89. The third-order valence-corrected chi connectivity index (χ3v) is 3.40. The van der Waals surface area contributed by atoms with Crippen molar-refractivity contribution in [1.29, 1.82) is 0 Å². The third-order valence-electron chi connectivity index (χ3n) is 3.40. The lowest BCUT2D eigenvalue weighted by atomic mass is 9.97. The number of unbranched alkanes of at least 4 members (excludes halogenated alkanes) is 1. The fourth-order valence-electron chi connectivity index (χ4n) is 2.28. The largest absolute Gasteiger partial charge is 0.494 e. The molecule has 0 aromatic heterocycles. The van der Waals surface area contributed by atoms with Gasteiger partial charge in [0.05, 0.1) is 6.61 Å². The monoisotopic (exact) mass is 287 g/mol. The standard InChI is InChI=1S/C18H22FNO/c1-2-3-11-21-17-8-7-14(9-10-20)18(13-17)15-5-4-6-16(19)12-15/h4-8,12-13H,2-3,9-11,20H2,1H3. The minimum atomic E-state index is -0.233. The van der Waals surface area contributed by atoms with Crippen molar-refractivity contribution in [1.82, 2.24) is 0 Å². The number of hydrogen-bond donors (Lipinski definition) is 1. The quantitative estimate of drug-likeness (QED) is 0.776. The molecule has 112 valence electrons. The lowest BCUT2D eigenvalue weighted by molar-refractivity contribution is 0.309. The van der Waals surface area contributed by atoms with Crippen LogP contribution in [-0.2, 0) is 6.42 Å². The van der Waals surface area contributed by atoms with Crippen LogP contribution in [0.15, 0.2) is 42.5 Å². The topological polar surface area (TPSA) is 35.2 Å². The highest BCUT2D eigenvalue weighted by Gasteiger charge is 2.08. The fourth-order valence-corrected chi connectivity index (χ4v) is 2.28. The van der Waals surface area contributed by atoms with E-state index in [9.17, 15) is 4.39 Å². The van der Waals surface area contributed by atoms with Gasteiger partial charge in [0.15, 0.2) is 0 Å². The van der Waals surface area contributed by atoms with Crippen molar-refractivity contribution in [2.24, 2.45) is 5.73 Å². The molecule has 0 saturated carbocycles. The van der Waals surface area contributed by atoms with Crippen molar-refractivity contribution in [3.63, 3.8) is 0 Å². The fraction of sp³-hybridized carbons (Fsp3) is 0.333. The van der Waals surface area contributed by atoms with Crippen molar-refractivity contribution in [3.05, 3.63) is 53.8 Å². The zero-order chi connectivity index (χ0) is 15.1. The molecule has 2 aromatic carbocycles. The summed E-state index contributed by atoms with van der Waals surface area (Å²) in [5.41, 5.74) is 8.64. The molecular weight excluding hydrogens is 265 g/mol. The van der Waals surface area contributed by atoms with Gasteiger partial charge in [0.25, 0.3) is 0 Å². The second kappa shape index (κ2) is 7.79. The Balaban J connectivity index is 2.32. The molecule has 0 bridgehead atoms. The first-order valence-electron chi connectivity index (χ1n) is 7.46. The van der Waals surface area contributed by atoms with Crippen LogP contribution in [0.1, 0.15) is 25.3 Å². The van der Waals surface area contributed by atoms with Gasteiger partial charge in [0, 0.05) is 0 Å². The maximum absolute atomic E-state index is 13.5. The summed E-state index contributed by atoms with van der Waals surface area (Å²) in [5, 5.41) is 0. The summed E-state index contributed by atoms with van der Waals surface area (Å²) in [4.78, 5) is 0. The molecule has 0 atom stereocenters. The Hall–Kier alpha value is -1.87. The highest BCUT2D eigenvalue weighted by Crippen LogP contribution is 2.29. The molecule has 2 aromatic rings. The first-order chi connectivity index (χ1) is 10.2. The van der Waals surface area contributed by atoms with E-state index in [1.54, 1.807) is 12.1 Å². The Morgan fingerprint density at radius 1 is 1.14 bits per heavy atom. The molecule has 21 heavy (non-hydrogen) atoms. The van der Waals surface area contributed by atoms with Gasteiger partial charge >= 0.3 is 0 Å². The Kier molecular flexibility index (Phi) is 5.76. The van der Waals surface area contributed by atoms with Crippen LogP contribution in [-0.4, -0.2) is 13.2 Å². The predicted molar refractivity (Wildman–Crippen MR) is 85.0 cm³/mol. The molecule has 0 aliphatic heterocycles. The van der Waals surface area contributed by atoms with Crippen LogP contribution in [0.25, 0.3) is 11.1 Å². The molecular formula is C18H22FNO. The third kappa shape index (κ3) is 4.30. The van der Waals surface area contributed by atoms with E-state index in [0.717, 1.165) is 41.7 Å². The van der Waals surface area contributed by atoms with Crippen LogP contribution in [0.2, 0.25) is 0 Å². The molecule has 0 amide bonds. The van der Waals surface area contributed by atoms with Crippen molar-refractivity contribution in [3.8, 4) is 16.9 Å². The Morgan fingerprint density at radius 2 is 2.00 bits per heavy atom. The Labute approximate surface area is 125 Å². The van der Waals surface area contributed by atoms with E-state index in [0.29, 0.717) is 13.2 Å². The maximum Gasteiger partial charge on any atom is 0.123 e.